The molecule has 1 atom stereocenters. The van der Waals surface area contributed by atoms with E-state index in [0.29, 0.717) is 11.4 Å². The van der Waals surface area contributed by atoms with Crippen LogP contribution in [-0.4, -0.2) is 44.6 Å². The lowest BCUT2D eigenvalue weighted by atomic mass is 10.0. The molecule has 0 saturated heterocycles. The third-order valence-electron chi connectivity index (χ3n) is 3.73. The van der Waals surface area contributed by atoms with Gasteiger partial charge in [0.2, 0.25) is 0 Å². The number of amides is 1. The molecule has 1 heterocycles. The van der Waals surface area contributed by atoms with Gasteiger partial charge in [-0.1, -0.05) is 19.1 Å². The van der Waals surface area contributed by atoms with Gasteiger partial charge in [-0.05, 0) is 43.5 Å². The average Bonchev–Trinajstić information content (AvgIpc) is 2.95. The smallest absolute Gasteiger partial charge is 0.387 e. The molecular weight excluding hydrogens is 362 g/mol. The molecule has 0 bridgehead atoms. The molecule has 0 aliphatic heterocycles. The summed E-state index contributed by atoms with van der Waals surface area (Å²) in [6.45, 7) is 2.37. The van der Waals surface area contributed by atoms with Crippen LogP contribution in [0.15, 0.2) is 24.3 Å². The van der Waals surface area contributed by atoms with E-state index in [9.17, 15) is 23.5 Å². The van der Waals surface area contributed by atoms with Gasteiger partial charge in [-0.3, -0.25) is 4.79 Å². The maximum absolute atomic E-state index is 12.4. The van der Waals surface area contributed by atoms with E-state index in [2.05, 4.69) is 20.4 Å². The molecule has 0 aliphatic rings. The second-order valence-corrected chi connectivity index (χ2v) is 6.30. The number of carbonyl (C=O) groups is 2. The molecule has 1 aromatic carbocycles. The highest BCUT2D eigenvalue weighted by atomic mass is 19.3. The van der Waals surface area contributed by atoms with Crippen molar-refractivity contribution in [3.05, 3.63) is 35.7 Å². The molecule has 2 N–H and O–H groups in total. The lowest BCUT2D eigenvalue weighted by Gasteiger charge is -2.15. The molecule has 27 heavy (non-hydrogen) atoms. The monoisotopic (exact) mass is 382 g/mol. The Morgan fingerprint density at radius 2 is 1.89 bits per heavy atom. The van der Waals surface area contributed by atoms with E-state index in [-0.39, 0.29) is 23.8 Å². The van der Waals surface area contributed by atoms with Gasteiger partial charge in [-0.2, -0.15) is 8.78 Å². The van der Waals surface area contributed by atoms with E-state index < -0.39 is 24.5 Å². The number of nitrogens with one attached hydrogen (secondary N) is 1. The number of hydrogen-bond donors (Lipinski definition) is 2. The fourth-order valence-electron chi connectivity index (χ4n) is 2.47. The zero-order valence-electron chi connectivity index (χ0n) is 15.0. The molecule has 0 fully saturated rings. The normalized spacial score (nSPS) is 12.3. The van der Waals surface area contributed by atoms with Crippen LogP contribution in [0.1, 0.15) is 36.5 Å². The van der Waals surface area contributed by atoms with Gasteiger partial charge < -0.3 is 15.2 Å². The highest BCUT2D eigenvalue weighted by Crippen LogP contribution is 2.19. The molecule has 10 heteroatoms. The first-order chi connectivity index (χ1) is 12.7. The lowest BCUT2D eigenvalue weighted by Crippen LogP contribution is -2.42. The summed E-state index contributed by atoms with van der Waals surface area (Å²) in [4.78, 5) is 23.7. The van der Waals surface area contributed by atoms with E-state index in [1.807, 2.05) is 13.8 Å². The maximum atomic E-state index is 12.4. The minimum atomic E-state index is -2.92. The van der Waals surface area contributed by atoms with Crippen molar-refractivity contribution in [3.63, 3.8) is 0 Å². The van der Waals surface area contributed by atoms with Crippen molar-refractivity contribution < 1.29 is 28.2 Å². The molecule has 0 saturated carbocycles. The molecule has 0 spiro atoms. The summed E-state index contributed by atoms with van der Waals surface area (Å²) in [7, 11) is 0. The summed E-state index contributed by atoms with van der Waals surface area (Å²) in [6, 6.07) is 4.62. The number of hydrogen-bond acceptors (Lipinski definition) is 5. The quantitative estimate of drug-likeness (QED) is 0.726. The standard InChI is InChI=1S/C17H20F2N4O4/c1-9(2)8-13(16(25)26)20-15(24)14-10(3)23(22-21-14)11-4-6-12(7-5-11)27-17(18)19/h4-7,9,13,17H,8H2,1-3H3,(H,20,24)(H,25,26). The van der Waals surface area contributed by atoms with Crippen LogP contribution in [0.3, 0.4) is 0 Å². The average molecular weight is 382 g/mol. The van der Waals surface area contributed by atoms with E-state index in [1.165, 1.54) is 28.9 Å². The predicted molar refractivity (Wildman–Crippen MR) is 91.1 cm³/mol. The van der Waals surface area contributed by atoms with Crippen molar-refractivity contribution in [2.75, 3.05) is 0 Å². The lowest BCUT2D eigenvalue weighted by molar-refractivity contribution is -0.139. The Balaban J connectivity index is 2.18. The Morgan fingerprint density at radius 3 is 2.41 bits per heavy atom. The van der Waals surface area contributed by atoms with Gasteiger partial charge in [0.05, 0.1) is 11.4 Å². The van der Waals surface area contributed by atoms with E-state index in [1.54, 1.807) is 6.92 Å². The number of aliphatic carboxylic acids is 1. The SMILES string of the molecule is Cc1c(C(=O)NC(CC(C)C)C(=O)O)nnn1-c1ccc(OC(F)F)cc1. The number of alkyl halides is 2. The van der Waals surface area contributed by atoms with Gasteiger partial charge in [0.25, 0.3) is 5.91 Å². The van der Waals surface area contributed by atoms with Crippen LogP contribution < -0.4 is 10.1 Å². The molecule has 1 amide bonds. The van der Waals surface area contributed by atoms with Crippen molar-refractivity contribution in [2.24, 2.45) is 5.92 Å². The molecular formula is C17H20F2N4O4. The molecule has 146 valence electrons. The van der Waals surface area contributed by atoms with Gasteiger partial charge in [0, 0.05) is 0 Å². The predicted octanol–water partition coefficient (Wildman–Crippen LogP) is 2.41. The number of carbonyl (C=O) groups excluding carboxylic acids is 1. The molecule has 2 aromatic rings. The van der Waals surface area contributed by atoms with Crippen molar-refractivity contribution in [1.82, 2.24) is 20.3 Å². The second kappa shape index (κ2) is 8.56. The van der Waals surface area contributed by atoms with Crippen LogP contribution in [0, 0.1) is 12.8 Å². The molecule has 8 nitrogen and oxygen atoms in total. The van der Waals surface area contributed by atoms with Crippen LogP contribution in [0.2, 0.25) is 0 Å². The zero-order chi connectivity index (χ0) is 20.1. The maximum Gasteiger partial charge on any atom is 0.387 e. The summed E-state index contributed by atoms with van der Waals surface area (Å²) >= 11 is 0. The summed E-state index contributed by atoms with van der Waals surface area (Å²) in [5.74, 6) is -1.71. The highest BCUT2D eigenvalue weighted by molar-refractivity contribution is 5.95. The van der Waals surface area contributed by atoms with Crippen LogP contribution in [-0.2, 0) is 4.79 Å². The molecule has 1 unspecified atom stereocenters. The first-order valence-corrected chi connectivity index (χ1v) is 8.20. The third kappa shape index (κ3) is 5.22. The first kappa shape index (κ1) is 20.3. The van der Waals surface area contributed by atoms with Crippen LogP contribution in [0.25, 0.3) is 5.69 Å². The van der Waals surface area contributed by atoms with Gasteiger partial charge in [0.15, 0.2) is 5.69 Å². The third-order valence-corrected chi connectivity index (χ3v) is 3.73. The molecule has 0 radical (unpaired) electrons. The Morgan fingerprint density at radius 1 is 1.26 bits per heavy atom. The summed E-state index contributed by atoms with van der Waals surface area (Å²) in [6.07, 6.45) is 0.278. The Labute approximate surface area is 154 Å². The largest absolute Gasteiger partial charge is 0.480 e. The number of carboxylic acid groups (broad SMARTS) is 1. The molecule has 0 aliphatic carbocycles. The first-order valence-electron chi connectivity index (χ1n) is 8.20. The van der Waals surface area contributed by atoms with Crippen LogP contribution in [0.4, 0.5) is 8.78 Å². The Hall–Kier alpha value is -3.04. The van der Waals surface area contributed by atoms with Crippen molar-refractivity contribution in [1.29, 1.82) is 0 Å². The van der Waals surface area contributed by atoms with Crippen LogP contribution in [0.5, 0.6) is 5.75 Å². The molecule has 1 aromatic heterocycles. The van der Waals surface area contributed by atoms with Crippen molar-refractivity contribution in [3.8, 4) is 11.4 Å². The van der Waals surface area contributed by atoms with Crippen molar-refractivity contribution in [2.45, 2.75) is 39.8 Å². The summed E-state index contributed by atoms with van der Waals surface area (Å²) < 4.78 is 30.0. The fourth-order valence-corrected chi connectivity index (χ4v) is 2.47. The minimum Gasteiger partial charge on any atom is -0.480 e. The number of benzene rings is 1. The number of halogens is 2. The Kier molecular flexibility index (Phi) is 6.43. The number of nitrogens with zero attached hydrogens (tertiary/aromatic N) is 3. The highest BCUT2D eigenvalue weighted by Gasteiger charge is 2.25. The summed E-state index contributed by atoms with van der Waals surface area (Å²) in [5.41, 5.74) is 0.847. The van der Waals surface area contributed by atoms with E-state index in [4.69, 9.17) is 0 Å². The topological polar surface area (TPSA) is 106 Å². The van der Waals surface area contributed by atoms with Gasteiger partial charge >= 0.3 is 12.6 Å². The number of carboxylic acids is 1. The van der Waals surface area contributed by atoms with Crippen molar-refractivity contribution >= 4 is 11.9 Å². The minimum absolute atomic E-state index is 0.0116. The van der Waals surface area contributed by atoms with Gasteiger partial charge in [0.1, 0.15) is 11.8 Å². The molecule has 2 rings (SSSR count). The summed E-state index contributed by atoms with van der Waals surface area (Å²) in [5, 5.41) is 19.4. The number of ether oxygens (including phenoxy) is 1. The van der Waals surface area contributed by atoms with Gasteiger partial charge in [-0.25, -0.2) is 9.48 Å². The Bertz CT molecular complexity index is 806. The van der Waals surface area contributed by atoms with Crippen LogP contribution >= 0.6 is 0 Å². The fraction of sp³-hybridized carbons (Fsp3) is 0.412. The van der Waals surface area contributed by atoms with Gasteiger partial charge in [-0.15, -0.1) is 5.10 Å². The zero-order valence-corrected chi connectivity index (χ0v) is 15.0. The number of aromatic nitrogens is 3. The number of rotatable bonds is 8. The van der Waals surface area contributed by atoms with E-state index >= 15 is 0 Å². The second-order valence-electron chi connectivity index (χ2n) is 6.30. The van der Waals surface area contributed by atoms with E-state index in [0.717, 1.165) is 0 Å².